The summed E-state index contributed by atoms with van der Waals surface area (Å²) in [5, 5.41) is 15.6. The lowest BCUT2D eigenvalue weighted by atomic mass is 9.93. The summed E-state index contributed by atoms with van der Waals surface area (Å²) in [6.45, 7) is 2.95. The topological polar surface area (TPSA) is 131 Å². The molecule has 0 aliphatic carbocycles. The predicted octanol–water partition coefficient (Wildman–Crippen LogP) is 2.02. The van der Waals surface area contributed by atoms with E-state index in [2.05, 4.69) is 10.5 Å². The molecule has 1 fully saturated rings. The van der Waals surface area contributed by atoms with Crippen LogP contribution < -0.4 is 14.8 Å². The average Bonchev–Trinajstić information content (AvgIpc) is 3.28. The maximum absolute atomic E-state index is 12.7. The number of carbonyl (C=O) groups excluding carboxylic acids is 3. The van der Waals surface area contributed by atoms with Gasteiger partial charge in [-0.25, -0.2) is 0 Å². The predicted molar refractivity (Wildman–Crippen MR) is 112 cm³/mol. The maximum atomic E-state index is 12.7. The SMILES string of the molecule is CC(=O)c1cc2c(cc1NC(=O)CC1CCN(C(=O)c3cc(CO)on3)CC1)OCCO2. The Hall–Kier alpha value is -3.40. The monoisotopic (exact) mass is 443 g/mol. The number of amides is 2. The second-order valence-electron chi connectivity index (χ2n) is 7.92. The second kappa shape index (κ2) is 9.39. The van der Waals surface area contributed by atoms with Gasteiger partial charge in [-0.1, -0.05) is 5.16 Å². The number of anilines is 1. The van der Waals surface area contributed by atoms with Crippen LogP contribution in [-0.2, 0) is 11.4 Å². The molecule has 1 aromatic carbocycles. The lowest BCUT2D eigenvalue weighted by Crippen LogP contribution is -2.39. The molecule has 0 spiro atoms. The number of aliphatic hydroxyl groups excluding tert-OH is 1. The summed E-state index contributed by atoms with van der Waals surface area (Å²) < 4.78 is 16.0. The van der Waals surface area contributed by atoms with Crippen molar-refractivity contribution in [1.82, 2.24) is 10.1 Å². The number of hydrogen-bond acceptors (Lipinski definition) is 8. The smallest absolute Gasteiger partial charge is 0.276 e. The van der Waals surface area contributed by atoms with E-state index in [1.54, 1.807) is 17.0 Å². The first-order chi connectivity index (χ1) is 15.4. The first kappa shape index (κ1) is 21.8. The number of carbonyl (C=O) groups is 3. The minimum Gasteiger partial charge on any atom is -0.486 e. The van der Waals surface area contributed by atoms with Gasteiger partial charge in [-0.3, -0.25) is 14.4 Å². The third-order valence-electron chi connectivity index (χ3n) is 5.65. The number of ether oxygens (including phenoxy) is 2. The van der Waals surface area contributed by atoms with Gasteiger partial charge in [0.25, 0.3) is 5.91 Å². The number of nitrogens with zero attached hydrogens (tertiary/aromatic N) is 2. The van der Waals surface area contributed by atoms with Crippen LogP contribution in [-0.4, -0.2) is 59.1 Å². The van der Waals surface area contributed by atoms with Gasteiger partial charge in [0, 0.05) is 37.2 Å². The quantitative estimate of drug-likeness (QED) is 0.649. The molecular weight excluding hydrogens is 418 g/mol. The highest BCUT2D eigenvalue weighted by molar-refractivity contribution is 6.04. The summed E-state index contributed by atoms with van der Waals surface area (Å²) in [6.07, 6.45) is 1.63. The molecule has 0 unspecified atom stereocenters. The Morgan fingerprint density at radius 1 is 1.12 bits per heavy atom. The molecule has 1 aromatic heterocycles. The Balaban J connectivity index is 1.33. The first-order valence-corrected chi connectivity index (χ1v) is 10.5. The third-order valence-corrected chi connectivity index (χ3v) is 5.65. The molecule has 2 aromatic rings. The van der Waals surface area contributed by atoms with Crippen LogP contribution in [0.15, 0.2) is 22.7 Å². The maximum Gasteiger partial charge on any atom is 0.276 e. The van der Waals surface area contributed by atoms with Crippen molar-refractivity contribution in [3.63, 3.8) is 0 Å². The molecule has 10 heteroatoms. The van der Waals surface area contributed by atoms with Crippen LogP contribution in [0.3, 0.4) is 0 Å². The summed E-state index contributed by atoms with van der Waals surface area (Å²) >= 11 is 0. The van der Waals surface area contributed by atoms with Crippen molar-refractivity contribution < 1.29 is 33.5 Å². The van der Waals surface area contributed by atoms with Crippen molar-refractivity contribution in [2.75, 3.05) is 31.6 Å². The van der Waals surface area contributed by atoms with Gasteiger partial charge in [0.05, 0.1) is 5.69 Å². The number of rotatable bonds is 6. The molecule has 170 valence electrons. The van der Waals surface area contributed by atoms with E-state index in [4.69, 9.17) is 19.1 Å². The molecule has 2 aliphatic heterocycles. The molecule has 2 N–H and O–H groups in total. The van der Waals surface area contributed by atoms with Gasteiger partial charge >= 0.3 is 0 Å². The van der Waals surface area contributed by atoms with E-state index in [0.29, 0.717) is 61.9 Å². The Morgan fingerprint density at radius 3 is 2.44 bits per heavy atom. The van der Waals surface area contributed by atoms with Crippen molar-refractivity contribution >= 4 is 23.3 Å². The van der Waals surface area contributed by atoms with Crippen LogP contribution in [0.5, 0.6) is 11.5 Å². The number of piperidine rings is 1. The molecule has 2 amide bonds. The zero-order chi connectivity index (χ0) is 22.7. The summed E-state index contributed by atoms with van der Waals surface area (Å²) in [4.78, 5) is 38.9. The number of aliphatic hydroxyl groups is 1. The standard InChI is InChI=1S/C22H25N3O7/c1-13(27)16-10-19-20(31-7-6-30-19)11-17(16)23-21(28)8-14-2-4-25(5-3-14)22(29)18-9-15(12-26)32-24-18/h9-11,14,26H,2-8,12H2,1H3,(H,23,28). The van der Waals surface area contributed by atoms with Crippen molar-refractivity contribution in [2.45, 2.75) is 32.8 Å². The number of fused-ring (bicyclic) bond motifs is 1. The van der Waals surface area contributed by atoms with E-state index in [0.717, 1.165) is 0 Å². The zero-order valence-electron chi connectivity index (χ0n) is 17.8. The van der Waals surface area contributed by atoms with E-state index < -0.39 is 0 Å². The summed E-state index contributed by atoms with van der Waals surface area (Å²) in [6, 6.07) is 4.66. The number of nitrogens with one attached hydrogen (secondary N) is 1. The van der Waals surface area contributed by atoms with Crippen LogP contribution in [0.4, 0.5) is 5.69 Å². The van der Waals surface area contributed by atoms with Crippen molar-refractivity contribution in [2.24, 2.45) is 5.92 Å². The summed E-state index contributed by atoms with van der Waals surface area (Å²) in [5.41, 5.74) is 0.948. The minimum atomic E-state index is -0.313. The summed E-state index contributed by atoms with van der Waals surface area (Å²) in [5.74, 6) is 0.722. The van der Waals surface area contributed by atoms with Crippen molar-refractivity contribution in [3.05, 3.63) is 35.2 Å². The molecule has 0 radical (unpaired) electrons. The molecule has 2 aliphatic rings. The Kier molecular flexibility index (Phi) is 6.40. The van der Waals surface area contributed by atoms with Gasteiger partial charge in [0.1, 0.15) is 19.8 Å². The van der Waals surface area contributed by atoms with E-state index in [9.17, 15) is 14.4 Å². The van der Waals surface area contributed by atoms with Gasteiger partial charge in [-0.15, -0.1) is 0 Å². The number of hydrogen-bond donors (Lipinski definition) is 2. The van der Waals surface area contributed by atoms with Crippen LogP contribution >= 0.6 is 0 Å². The normalized spacial score (nSPS) is 16.0. The van der Waals surface area contributed by atoms with Crippen LogP contribution in [0.2, 0.25) is 0 Å². The lowest BCUT2D eigenvalue weighted by Gasteiger charge is -2.31. The minimum absolute atomic E-state index is 0.113. The van der Waals surface area contributed by atoms with Crippen LogP contribution in [0, 0.1) is 5.92 Å². The second-order valence-corrected chi connectivity index (χ2v) is 7.92. The van der Waals surface area contributed by atoms with Gasteiger partial charge in [0.15, 0.2) is 28.7 Å². The molecule has 0 saturated carbocycles. The number of likely N-dealkylation sites (tertiary alicyclic amines) is 1. The highest BCUT2D eigenvalue weighted by Gasteiger charge is 2.27. The van der Waals surface area contributed by atoms with Crippen LogP contribution in [0.25, 0.3) is 0 Å². The molecule has 0 bridgehead atoms. The van der Waals surface area contributed by atoms with Gasteiger partial charge in [0.2, 0.25) is 5.91 Å². The zero-order valence-corrected chi connectivity index (χ0v) is 17.8. The molecule has 1 saturated heterocycles. The fourth-order valence-electron chi connectivity index (χ4n) is 3.94. The fourth-order valence-corrected chi connectivity index (χ4v) is 3.94. The fraction of sp³-hybridized carbons (Fsp3) is 0.455. The Morgan fingerprint density at radius 2 is 1.81 bits per heavy atom. The van der Waals surface area contributed by atoms with Gasteiger partial charge in [-0.2, -0.15) is 0 Å². The number of aromatic nitrogens is 1. The van der Waals surface area contributed by atoms with Crippen molar-refractivity contribution in [3.8, 4) is 11.5 Å². The molecular formula is C22H25N3O7. The van der Waals surface area contributed by atoms with Crippen molar-refractivity contribution in [1.29, 1.82) is 0 Å². The average molecular weight is 443 g/mol. The molecule has 4 rings (SSSR count). The Labute approximate surface area is 184 Å². The first-order valence-electron chi connectivity index (χ1n) is 10.5. The van der Waals surface area contributed by atoms with E-state index in [1.165, 1.54) is 13.0 Å². The van der Waals surface area contributed by atoms with E-state index in [-0.39, 0.29) is 48.0 Å². The molecule has 0 atom stereocenters. The van der Waals surface area contributed by atoms with Crippen LogP contribution in [0.1, 0.15) is 52.8 Å². The lowest BCUT2D eigenvalue weighted by molar-refractivity contribution is -0.117. The molecule has 10 nitrogen and oxygen atoms in total. The van der Waals surface area contributed by atoms with E-state index >= 15 is 0 Å². The summed E-state index contributed by atoms with van der Waals surface area (Å²) in [7, 11) is 0. The highest BCUT2D eigenvalue weighted by Crippen LogP contribution is 2.36. The van der Waals surface area contributed by atoms with Gasteiger partial charge in [-0.05, 0) is 31.7 Å². The highest BCUT2D eigenvalue weighted by atomic mass is 16.6. The number of ketones is 1. The Bertz CT molecular complexity index is 1020. The number of benzene rings is 1. The third kappa shape index (κ3) is 4.75. The largest absolute Gasteiger partial charge is 0.486 e. The molecule has 3 heterocycles. The molecule has 32 heavy (non-hydrogen) atoms. The number of Topliss-reactive ketones (excluding diaryl/α,β-unsaturated/α-hetero) is 1. The van der Waals surface area contributed by atoms with E-state index in [1.807, 2.05) is 0 Å². The van der Waals surface area contributed by atoms with Gasteiger partial charge < -0.3 is 29.3 Å².